The second-order valence-electron chi connectivity index (χ2n) is 26.5. The third-order valence-electron chi connectivity index (χ3n) is 17.5. The fourth-order valence-electron chi connectivity index (χ4n) is 12.5. The van der Waals surface area contributed by atoms with Gasteiger partial charge in [-0.25, -0.2) is 39.5 Å². The maximum Gasteiger partial charge on any atom is 0.358 e. The number of aliphatic hydroxyl groups is 2. The van der Waals surface area contributed by atoms with Crippen LogP contribution >= 0.6 is 56.7 Å². The number of carbonyl (C=O) groups excluding carboxylic acids is 8. The molecule has 4 aliphatic heterocycles. The standard InChI is InChI=1S/C67H73N15O18S5/c1-28(54(68)85)69-55(86)37-25-104-63(74-37)48-42(84)18-33-47(76-48)36-23-102-61(71-36)35-22-97-65(91)50-34-21-95-51(52(100-43-19-67(5,93)53(80(6)7)31(4)99-43)66(92)96-20-32-14-12-15-41(44(32)34)81(50)98-17-13-16-82(8,9)10)49(64-75-38(26-105-64)56(87)70-35)79-58(89)40-27-103-62(73-40)46(30(3)94-11)78-59(90)45(29(2)83)77-57(88)39-24-101-60(33)72-39/h12,14-15,18,23-27,29,31,35,43,45,49,51-53,83,93H,1,13,16-17,19-22H2,2-11H3,(H7-,68,69,70,74,77,78,79,84,85,86,87,88,89,90)/p+1/b46-30+/t29-,31+,35+,43+,45+,49+,51+,52+,53-,67+/m1/s1. The van der Waals surface area contributed by atoms with Gasteiger partial charge in [0.25, 0.3) is 29.5 Å². The van der Waals surface area contributed by atoms with E-state index in [9.17, 15) is 34.5 Å². The predicted octanol–water partition coefficient (Wildman–Crippen LogP) is 4.18. The first-order valence-electron chi connectivity index (χ1n) is 32.6. The van der Waals surface area contributed by atoms with Crippen molar-refractivity contribution < 1.29 is 91.4 Å². The van der Waals surface area contributed by atoms with Crippen molar-refractivity contribution in [3.63, 3.8) is 0 Å². The number of hydrogen-bond donors (Lipinski definition) is 9. The number of cyclic esters (lactones) is 2. The molecule has 554 valence electrons. The Hall–Kier alpha value is -9.58. The monoisotopic (exact) mass is 1540 g/mol. The third-order valence-corrected chi connectivity index (χ3v) is 22.0. The summed E-state index contributed by atoms with van der Waals surface area (Å²) in [5, 5.41) is 56.1. The molecular formula is C67H74N15O18S5+. The Balaban J connectivity index is 1.06. The first-order valence-corrected chi connectivity index (χ1v) is 37.0. The van der Waals surface area contributed by atoms with E-state index >= 15 is 19.2 Å². The zero-order valence-electron chi connectivity index (χ0n) is 58.2. The minimum absolute atomic E-state index is 0.000144. The number of nitrogens with one attached hydrogen (secondary N) is 5. The summed E-state index contributed by atoms with van der Waals surface area (Å²) in [6.07, 6.45) is -6.97. The first kappa shape index (κ1) is 75.1. The number of ether oxygens (including phenoxy) is 6. The quantitative estimate of drug-likeness (QED) is 0.0242. The predicted molar refractivity (Wildman–Crippen MR) is 382 cm³/mol. The number of methoxy groups -OCH3 is 1. The fraction of sp³-hybridized carbons (Fsp3) is 0.403. The van der Waals surface area contributed by atoms with Crippen LogP contribution in [0.4, 0.5) is 0 Å². The number of hydrogen-bond acceptors (Lipinski definition) is 30. The minimum Gasteiger partial charge on any atom is -0.506 e. The van der Waals surface area contributed by atoms with Gasteiger partial charge in [-0.2, -0.15) is 4.73 Å². The second-order valence-corrected chi connectivity index (χ2v) is 30.9. The van der Waals surface area contributed by atoms with Crippen molar-refractivity contribution in [3.05, 3.63) is 124 Å². The molecule has 11 heterocycles. The SMILES string of the molecule is C=C(NC(=O)c1csc(-c2nc3c(cc2O)-c2nc(cs2)C(=O)N[C@@H]([C@@H](C)O)C(=O)N/C(=C(\C)OC)c2nc(cs2)C(=O)N[C@@H]2c4nc(cs4)C(=O)N[C@@H](COC(=O)c4c5c6c(cccc6n4OCCC[N+](C)(C)C)COC(=O)[C@@H](O[C@H]4C[C@](C)(O)[C@H](N(C)C)[C@H](C)O4)[C@H]2OC5)c2nc-3cs2)n1)C(N)=O. The smallest absolute Gasteiger partial charge is 0.358 e. The molecule has 10 atom stereocenters. The van der Waals surface area contributed by atoms with Crippen molar-refractivity contribution >= 4 is 121 Å². The number of rotatable bonds is 14. The molecule has 1 fully saturated rings. The number of primary amides is 1. The van der Waals surface area contributed by atoms with Gasteiger partial charge in [-0.15, -0.1) is 56.7 Å². The fourth-order valence-corrected chi connectivity index (χ4v) is 16.7. The highest BCUT2D eigenvalue weighted by Crippen LogP contribution is 2.43. The van der Waals surface area contributed by atoms with E-state index in [1.165, 1.54) is 53.3 Å². The van der Waals surface area contributed by atoms with Crippen LogP contribution in [-0.2, 0) is 56.0 Å². The largest absolute Gasteiger partial charge is 0.506 e. The zero-order chi connectivity index (χ0) is 75.2. The maximum absolute atomic E-state index is 15.7. The molecule has 33 nitrogen and oxygen atoms in total. The van der Waals surface area contributed by atoms with Gasteiger partial charge in [0.05, 0.1) is 76.5 Å². The van der Waals surface area contributed by atoms with Gasteiger partial charge in [0.1, 0.15) is 126 Å². The molecule has 1 saturated heterocycles. The number of thiazole rings is 5. The number of nitrogens with two attached hydrogens (primary N) is 1. The maximum atomic E-state index is 15.7. The summed E-state index contributed by atoms with van der Waals surface area (Å²) >= 11 is 4.58. The number of allylic oxidation sites excluding steroid dienone is 1. The van der Waals surface area contributed by atoms with E-state index in [-0.39, 0.29) is 106 Å². The summed E-state index contributed by atoms with van der Waals surface area (Å²) in [5.41, 5.74) is 3.03. The Labute approximate surface area is 618 Å². The number of pyridine rings is 1. The van der Waals surface area contributed by atoms with Crippen molar-refractivity contribution in [3.8, 4) is 38.4 Å². The molecule has 0 unspecified atom stereocenters. The number of nitrogens with zero attached hydrogens (tertiary/aromatic N) is 9. The van der Waals surface area contributed by atoms with Crippen LogP contribution in [0.1, 0.15) is 131 Å². The van der Waals surface area contributed by atoms with Gasteiger partial charge in [0, 0.05) is 56.3 Å². The summed E-state index contributed by atoms with van der Waals surface area (Å²) in [5.74, 6) is -7.97. The highest BCUT2D eigenvalue weighted by atomic mass is 32.1. The lowest BCUT2D eigenvalue weighted by molar-refractivity contribution is -0.870. The number of carbonyl (C=O) groups is 8. The van der Waals surface area contributed by atoms with Crippen molar-refractivity contribution in [2.75, 3.05) is 62.1 Å². The molecule has 1 aromatic carbocycles. The Morgan fingerprint density at radius 3 is 2.24 bits per heavy atom. The van der Waals surface area contributed by atoms with E-state index in [2.05, 4.69) is 48.1 Å². The highest BCUT2D eigenvalue weighted by Gasteiger charge is 2.50. The van der Waals surface area contributed by atoms with E-state index in [4.69, 9.17) is 53.9 Å². The van der Waals surface area contributed by atoms with Crippen LogP contribution in [0, 0.1) is 0 Å². The normalized spacial score (nSPS) is 23.4. The molecule has 0 aliphatic carbocycles. The molecule has 7 aromatic heterocycles. The minimum atomic E-state index is -1.90. The molecular weight excluding hydrogens is 1460 g/mol. The molecule has 12 rings (SSSR count). The first-order chi connectivity index (χ1) is 49.9. The lowest BCUT2D eigenvalue weighted by Crippen LogP contribution is -2.62. The van der Waals surface area contributed by atoms with Crippen LogP contribution < -0.4 is 37.2 Å². The van der Waals surface area contributed by atoms with Crippen LogP contribution in [0.3, 0.4) is 0 Å². The number of likely N-dealkylation sites (N-methyl/N-ethyl adjacent to an activating group) is 1. The van der Waals surface area contributed by atoms with Crippen LogP contribution in [0.25, 0.3) is 49.3 Å². The highest BCUT2D eigenvalue weighted by molar-refractivity contribution is 7.14. The van der Waals surface area contributed by atoms with E-state index in [0.717, 1.165) is 56.7 Å². The van der Waals surface area contributed by atoms with Crippen LogP contribution in [0.2, 0.25) is 0 Å². The van der Waals surface area contributed by atoms with Crippen LogP contribution in [0.15, 0.2) is 69.2 Å². The average molecular weight is 1540 g/mol. The Morgan fingerprint density at radius 1 is 0.867 bits per heavy atom. The summed E-state index contributed by atoms with van der Waals surface area (Å²) in [6.45, 7) is 8.69. The van der Waals surface area contributed by atoms with E-state index in [0.29, 0.717) is 33.9 Å². The number of amides is 6. The third kappa shape index (κ3) is 15.9. The lowest BCUT2D eigenvalue weighted by Gasteiger charge is -2.48. The molecule has 0 radical (unpaired) electrons. The van der Waals surface area contributed by atoms with Crippen LogP contribution in [-0.4, -0.2) is 217 Å². The van der Waals surface area contributed by atoms with Gasteiger partial charge in [-0.3, -0.25) is 28.8 Å². The lowest BCUT2D eigenvalue weighted by atomic mass is 9.85. The van der Waals surface area contributed by atoms with Gasteiger partial charge in [0.2, 0.25) is 5.91 Å². The van der Waals surface area contributed by atoms with Crippen LogP contribution in [0.5, 0.6) is 5.75 Å². The number of benzene rings is 1. The summed E-state index contributed by atoms with van der Waals surface area (Å²) < 4.78 is 40.4. The van der Waals surface area contributed by atoms with Crippen molar-refractivity contribution in [2.24, 2.45) is 5.73 Å². The molecule has 6 amide bonds. The molecule has 10 N–H and O–H groups in total. The second kappa shape index (κ2) is 30.5. The van der Waals surface area contributed by atoms with Gasteiger partial charge < -0.3 is 90.3 Å². The number of quaternary nitrogens is 1. The summed E-state index contributed by atoms with van der Waals surface area (Å²) in [7, 11) is 10.9. The van der Waals surface area contributed by atoms with Gasteiger partial charge in [-0.05, 0) is 59.5 Å². The van der Waals surface area contributed by atoms with Crippen molar-refractivity contribution in [1.29, 1.82) is 0 Å². The number of fused-ring (bicyclic) bond motifs is 15. The Morgan fingerprint density at radius 2 is 1.53 bits per heavy atom. The molecule has 12 bridgehead atoms. The van der Waals surface area contributed by atoms with E-state index in [1.54, 1.807) is 56.4 Å². The van der Waals surface area contributed by atoms with Gasteiger partial charge in [0.15, 0.2) is 18.1 Å². The summed E-state index contributed by atoms with van der Waals surface area (Å²) in [4.78, 5) is 152. The Kier molecular flexibility index (Phi) is 21.8. The average Bonchev–Trinajstić information content (AvgIpc) is 1.53. The molecule has 105 heavy (non-hydrogen) atoms. The molecule has 38 heteroatoms. The van der Waals surface area contributed by atoms with E-state index < -0.39 is 139 Å². The number of aromatic hydroxyl groups is 1. The number of aromatic nitrogens is 7. The summed E-state index contributed by atoms with van der Waals surface area (Å²) in [6, 6.07) is 1.16. The molecule has 8 aromatic rings. The topological polar surface area (TPSA) is 434 Å². The van der Waals surface area contributed by atoms with Gasteiger partial charge in [-0.1, -0.05) is 18.7 Å². The Bertz CT molecular complexity index is 4790. The zero-order valence-corrected chi connectivity index (χ0v) is 62.2. The number of esters is 2. The van der Waals surface area contributed by atoms with Gasteiger partial charge >= 0.3 is 11.9 Å². The molecule has 0 saturated carbocycles. The van der Waals surface area contributed by atoms with Crippen molar-refractivity contribution in [2.45, 2.75) is 114 Å². The molecule has 4 aliphatic rings. The van der Waals surface area contributed by atoms with Crippen molar-refractivity contribution in [1.82, 2.24) is 66.1 Å². The molecule has 0 spiro atoms. The van der Waals surface area contributed by atoms with E-state index in [1.807, 2.05) is 21.1 Å². The number of aliphatic hydroxyl groups excluding tert-OH is 1.